The van der Waals surface area contributed by atoms with E-state index >= 15 is 0 Å². The largest absolute Gasteiger partial charge is 0.508 e. The van der Waals surface area contributed by atoms with Gasteiger partial charge in [0.1, 0.15) is 11.6 Å². The summed E-state index contributed by atoms with van der Waals surface area (Å²) in [6, 6.07) is 4.52. The number of benzene rings is 1. The third kappa shape index (κ3) is 4.45. The summed E-state index contributed by atoms with van der Waals surface area (Å²) >= 11 is 0. The van der Waals surface area contributed by atoms with Gasteiger partial charge in [-0.3, -0.25) is 4.90 Å². The maximum atomic E-state index is 13.2. The Morgan fingerprint density at radius 1 is 1.37 bits per heavy atom. The van der Waals surface area contributed by atoms with Gasteiger partial charge >= 0.3 is 0 Å². The molecular formula is C14H21FN2O2. The molecule has 5 heteroatoms. The van der Waals surface area contributed by atoms with Crippen LogP contribution in [0.1, 0.15) is 18.4 Å². The summed E-state index contributed by atoms with van der Waals surface area (Å²) < 4.78 is 13.2. The molecule has 0 amide bonds. The van der Waals surface area contributed by atoms with Crippen molar-refractivity contribution in [1.82, 2.24) is 10.2 Å². The summed E-state index contributed by atoms with van der Waals surface area (Å²) in [7, 11) is 0. The first-order valence-electron chi connectivity index (χ1n) is 6.72. The second kappa shape index (κ2) is 6.84. The number of halogens is 1. The lowest BCUT2D eigenvalue weighted by atomic mass is 10.1. The van der Waals surface area contributed by atoms with Crippen LogP contribution in [-0.2, 0) is 6.54 Å². The summed E-state index contributed by atoms with van der Waals surface area (Å²) in [6.07, 6.45) is 2.31. The normalized spacial score (nSPS) is 19.2. The molecule has 19 heavy (non-hydrogen) atoms. The second-order valence-corrected chi connectivity index (χ2v) is 5.07. The minimum absolute atomic E-state index is 0.0575. The molecule has 1 aromatic carbocycles. The van der Waals surface area contributed by atoms with Gasteiger partial charge in [0.25, 0.3) is 0 Å². The fourth-order valence-corrected chi connectivity index (χ4v) is 2.58. The van der Waals surface area contributed by atoms with Gasteiger partial charge in [-0.05, 0) is 37.1 Å². The van der Waals surface area contributed by atoms with E-state index in [4.69, 9.17) is 5.11 Å². The smallest absolute Gasteiger partial charge is 0.127 e. The molecule has 1 fully saturated rings. The Labute approximate surface area is 112 Å². The minimum atomic E-state index is -0.432. The van der Waals surface area contributed by atoms with Gasteiger partial charge in [-0.25, -0.2) is 4.39 Å². The molecule has 3 N–H and O–H groups in total. The van der Waals surface area contributed by atoms with Crippen LogP contribution >= 0.6 is 0 Å². The van der Waals surface area contributed by atoms with Crippen LogP contribution in [-0.4, -0.2) is 47.4 Å². The standard InChI is InChI=1S/C14H21FN2O2/c15-12-6-11(7-14(19)8-12)9-17(4-5-18)10-13-2-1-3-16-13/h6-8,13,16,18-19H,1-5,9-10H2. The Kier molecular flexibility index (Phi) is 5.13. The van der Waals surface area contributed by atoms with E-state index in [1.54, 1.807) is 6.07 Å². The molecule has 1 saturated heterocycles. The quantitative estimate of drug-likeness (QED) is 0.722. The summed E-state index contributed by atoms with van der Waals surface area (Å²) in [5.74, 6) is -0.490. The fraction of sp³-hybridized carbons (Fsp3) is 0.571. The van der Waals surface area contributed by atoms with Gasteiger partial charge < -0.3 is 15.5 Å². The molecule has 1 heterocycles. The molecule has 0 spiro atoms. The Bertz CT molecular complexity index is 388. The van der Waals surface area contributed by atoms with Crippen molar-refractivity contribution in [2.45, 2.75) is 25.4 Å². The molecule has 2 rings (SSSR count). The molecule has 1 aromatic rings. The summed E-state index contributed by atoms with van der Waals surface area (Å²) in [5, 5.41) is 21.9. The van der Waals surface area contributed by atoms with Gasteiger partial charge in [0.2, 0.25) is 0 Å². The predicted octanol–water partition coefficient (Wildman–Crippen LogP) is 1.08. The van der Waals surface area contributed by atoms with E-state index in [2.05, 4.69) is 10.2 Å². The first-order chi connectivity index (χ1) is 9.17. The van der Waals surface area contributed by atoms with Gasteiger partial charge in [0.05, 0.1) is 6.61 Å². The van der Waals surface area contributed by atoms with Gasteiger partial charge in [-0.2, -0.15) is 0 Å². The van der Waals surface area contributed by atoms with E-state index in [0.717, 1.165) is 31.1 Å². The maximum Gasteiger partial charge on any atom is 0.127 e. The van der Waals surface area contributed by atoms with Crippen molar-refractivity contribution >= 4 is 0 Å². The Morgan fingerprint density at radius 3 is 2.84 bits per heavy atom. The Hall–Kier alpha value is -1.17. The van der Waals surface area contributed by atoms with Crippen LogP contribution < -0.4 is 5.32 Å². The molecule has 0 aromatic heterocycles. The highest BCUT2D eigenvalue weighted by Gasteiger charge is 2.18. The monoisotopic (exact) mass is 268 g/mol. The van der Waals surface area contributed by atoms with E-state index in [9.17, 15) is 9.50 Å². The average molecular weight is 268 g/mol. The third-order valence-corrected chi connectivity index (χ3v) is 3.41. The highest BCUT2D eigenvalue weighted by atomic mass is 19.1. The third-order valence-electron chi connectivity index (χ3n) is 3.41. The Balaban J connectivity index is 1.98. The lowest BCUT2D eigenvalue weighted by Crippen LogP contribution is -2.38. The number of phenols is 1. The van der Waals surface area contributed by atoms with Crippen molar-refractivity contribution in [3.8, 4) is 5.75 Å². The summed E-state index contributed by atoms with van der Waals surface area (Å²) in [6.45, 7) is 3.03. The molecule has 106 valence electrons. The van der Waals surface area contributed by atoms with Gasteiger partial charge in [0, 0.05) is 31.7 Å². The van der Waals surface area contributed by atoms with Crippen molar-refractivity contribution in [3.63, 3.8) is 0 Å². The van der Waals surface area contributed by atoms with Crippen LogP contribution in [0.2, 0.25) is 0 Å². The lowest BCUT2D eigenvalue weighted by Gasteiger charge is -2.25. The van der Waals surface area contributed by atoms with E-state index in [1.165, 1.54) is 12.5 Å². The zero-order valence-corrected chi connectivity index (χ0v) is 11.0. The molecule has 1 aliphatic heterocycles. The van der Waals surface area contributed by atoms with Crippen molar-refractivity contribution in [3.05, 3.63) is 29.6 Å². The lowest BCUT2D eigenvalue weighted by molar-refractivity contribution is 0.179. The van der Waals surface area contributed by atoms with Crippen molar-refractivity contribution in [2.24, 2.45) is 0 Å². The van der Waals surface area contributed by atoms with Crippen LogP contribution in [0.3, 0.4) is 0 Å². The first kappa shape index (κ1) is 14.2. The highest BCUT2D eigenvalue weighted by Crippen LogP contribution is 2.17. The van der Waals surface area contributed by atoms with Gasteiger partial charge in [-0.1, -0.05) is 0 Å². The highest BCUT2D eigenvalue weighted by molar-refractivity contribution is 5.28. The van der Waals surface area contributed by atoms with Crippen LogP contribution in [0.25, 0.3) is 0 Å². The fourth-order valence-electron chi connectivity index (χ4n) is 2.58. The number of phenolic OH excluding ortho intramolecular Hbond substituents is 1. The number of nitrogens with one attached hydrogen (secondary N) is 1. The molecule has 0 radical (unpaired) electrons. The topological polar surface area (TPSA) is 55.7 Å². The van der Waals surface area contributed by atoms with Gasteiger partial charge in [0.15, 0.2) is 0 Å². The van der Waals surface area contributed by atoms with Crippen LogP contribution in [0.15, 0.2) is 18.2 Å². The summed E-state index contributed by atoms with van der Waals surface area (Å²) in [5.41, 5.74) is 0.726. The molecule has 0 bridgehead atoms. The first-order valence-corrected chi connectivity index (χ1v) is 6.72. The maximum absolute atomic E-state index is 13.2. The summed E-state index contributed by atoms with van der Waals surface area (Å²) in [4.78, 5) is 2.08. The molecule has 0 saturated carbocycles. The number of aromatic hydroxyl groups is 1. The molecule has 1 atom stereocenters. The van der Waals surface area contributed by atoms with Crippen molar-refractivity contribution in [1.29, 1.82) is 0 Å². The van der Waals surface area contributed by atoms with E-state index < -0.39 is 5.82 Å². The number of aliphatic hydroxyl groups excluding tert-OH is 1. The van der Waals surface area contributed by atoms with Gasteiger partial charge in [-0.15, -0.1) is 0 Å². The van der Waals surface area contributed by atoms with E-state index in [-0.39, 0.29) is 12.4 Å². The zero-order chi connectivity index (χ0) is 13.7. The average Bonchev–Trinajstić information content (AvgIpc) is 2.80. The second-order valence-electron chi connectivity index (χ2n) is 5.07. The predicted molar refractivity (Wildman–Crippen MR) is 71.5 cm³/mol. The van der Waals surface area contributed by atoms with Crippen LogP contribution in [0.4, 0.5) is 4.39 Å². The number of rotatable bonds is 6. The number of hydrogen-bond donors (Lipinski definition) is 3. The Morgan fingerprint density at radius 2 is 2.21 bits per heavy atom. The molecule has 1 unspecified atom stereocenters. The van der Waals surface area contributed by atoms with Crippen molar-refractivity contribution < 1.29 is 14.6 Å². The number of aliphatic hydroxyl groups is 1. The van der Waals surface area contributed by atoms with E-state index in [0.29, 0.717) is 19.1 Å². The van der Waals surface area contributed by atoms with Crippen molar-refractivity contribution in [2.75, 3.05) is 26.2 Å². The molecule has 0 aliphatic carbocycles. The molecule has 4 nitrogen and oxygen atoms in total. The van der Waals surface area contributed by atoms with Crippen LogP contribution in [0, 0.1) is 5.82 Å². The number of hydrogen-bond acceptors (Lipinski definition) is 4. The van der Waals surface area contributed by atoms with E-state index in [1.807, 2.05) is 0 Å². The number of nitrogens with zero attached hydrogens (tertiary/aromatic N) is 1. The SMILES string of the molecule is OCCN(Cc1cc(O)cc(F)c1)CC1CCCN1. The molecule has 1 aliphatic rings. The zero-order valence-electron chi connectivity index (χ0n) is 11.0. The minimum Gasteiger partial charge on any atom is -0.508 e. The van der Waals surface area contributed by atoms with Crippen LogP contribution in [0.5, 0.6) is 5.75 Å². The molecular weight excluding hydrogens is 247 g/mol.